The summed E-state index contributed by atoms with van der Waals surface area (Å²) in [6.07, 6.45) is 2.60. The summed E-state index contributed by atoms with van der Waals surface area (Å²) < 4.78 is 1.47. The molecule has 24 heavy (non-hydrogen) atoms. The van der Waals surface area contributed by atoms with Gasteiger partial charge >= 0.3 is 0 Å². The normalized spacial score (nSPS) is 16.0. The minimum absolute atomic E-state index is 0.0470. The Kier molecular flexibility index (Phi) is 5.11. The molecule has 0 aliphatic carbocycles. The fourth-order valence-electron chi connectivity index (χ4n) is 3.04. The van der Waals surface area contributed by atoms with Crippen molar-refractivity contribution in [1.29, 1.82) is 0 Å². The first kappa shape index (κ1) is 16.5. The number of carbonyl (C=O) groups is 1. The molecule has 0 spiro atoms. The molecule has 1 saturated heterocycles. The number of aromatic nitrogens is 1. The highest BCUT2D eigenvalue weighted by atomic mass is 16.2. The summed E-state index contributed by atoms with van der Waals surface area (Å²) in [5, 5.41) is 0. The molecule has 1 amide bonds. The predicted molar refractivity (Wildman–Crippen MR) is 93.9 cm³/mol. The third-order valence-electron chi connectivity index (χ3n) is 4.48. The zero-order chi connectivity index (χ0) is 16.9. The van der Waals surface area contributed by atoms with Crippen molar-refractivity contribution >= 4 is 5.91 Å². The van der Waals surface area contributed by atoms with Crippen LogP contribution in [0.3, 0.4) is 0 Å². The largest absolute Gasteiger partial charge is 0.337 e. The topological polar surface area (TPSA) is 45.6 Å². The summed E-state index contributed by atoms with van der Waals surface area (Å²) in [4.78, 5) is 28.6. The Morgan fingerprint density at radius 1 is 1.04 bits per heavy atom. The Morgan fingerprint density at radius 3 is 2.58 bits per heavy atom. The van der Waals surface area contributed by atoms with Gasteiger partial charge in [-0.15, -0.1) is 0 Å². The monoisotopic (exact) mass is 325 g/mol. The minimum atomic E-state index is -0.152. The molecule has 2 heterocycles. The van der Waals surface area contributed by atoms with Gasteiger partial charge in [0.05, 0.1) is 0 Å². The summed E-state index contributed by atoms with van der Waals surface area (Å²) in [5.74, 6) is -0.0470. The van der Waals surface area contributed by atoms with Gasteiger partial charge < -0.3 is 9.47 Å². The maximum atomic E-state index is 12.6. The fraction of sp³-hybridized carbons (Fsp3) is 0.368. The molecule has 2 aromatic rings. The molecular weight excluding hydrogens is 302 g/mol. The van der Waals surface area contributed by atoms with E-state index in [0.29, 0.717) is 12.1 Å². The lowest BCUT2D eigenvalue weighted by molar-refractivity contribution is 0.0761. The van der Waals surface area contributed by atoms with E-state index in [9.17, 15) is 9.59 Å². The number of benzene rings is 1. The highest BCUT2D eigenvalue weighted by Gasteiger charge is 2.20. The number of pyridine rings is 1. The Hall–Kier alpha value is -2.40. The second kappa shape index (κ2) is 7.45. The molecule has 0 atom stereocenters. The van der Waals surface area contributed by atoms with Gasteiger partial charge in [0.2, 0.25) is 0 Å². The molecule has 0 saturated carbocycles. The summed E-state index contributed by atoms with van der Waals surface area (Å²) in [5.41, 5.74) is 1.62. The second-order valence-electron chi connectivity index (χ2n) is 6.27. The lowest BCUT2D eigenvalue weighted by Crippen LogP contribution is -2.35. The Labute approximate surface area is 142 Å². The van der Waals surface area contributed by atoms with Gasteiger partial charge in [0.1, 0.15) is 0 Å². The molecular formula is C19H23N3O2. The van der Waals surface area contributed by atoms with E-state index >= 15 is 0 Å². The molecule has 5 nitrogen and oxygen atoms in total. The predicted octanol–water partition coefficient (Wildman–Crippen LogP) is 1.73. The number of hydrogen-bond acceptors (Lipinski definition) is 3. The lowest BCUT2D eigenvalue weighted by Gasteiger charge is -2.22. The maximum absolute atomic E-state index is 12.6. The number of aryl methyl sites for hydroxylation is 1. The van der Waals surface area contributed by atoms with Gasteiger partial charge in [0, 0.05) is 57.6 Å². The van der Waals surface area contributed by atoms with Gasteiger partial charge in [-0.2, -0.15) is 0 Å². The van der Waals surface area contributed by atoms with Gasteiger partial charge in [0.25, 0.3) is 11.5 Å². The van der Waals surface area contributed by atoms with Crippen LogP contribution in [-0.4, -0.2) is 46.5 Å². The Bertz CT molecular complexity index is 755. The minimum Gasteiger partial charge on any atom is -0.337 e. The van der Waals surface area contributed by atoms with Gasteiger partial charge in [0.15, 0.2) is 0 Å². The van der Waals surface area contributed by atoms with Crippen molar-refractivity contribution < 1.29 is 4.79 Å². The van der Waals surface area contributed by atoms with E-state index in [1.54, 1.807) is 19.3 Å². The van der Waals surface area contributed by atoms with Crippen molar-refractivity contribution in [2.75, 3.05) is 26.2 Å². The first-order chi connectivity index (χ1) is 11.6. The van der Waals surface area contributed by atoms with E-state index in [-0.39, 0.29) is 11.5 Å². The molecule has 1 aliphatic rings. The van der Waals surface area contributed by atoms with E-state index in [1.807, 2.05) is 11.0 Å². The molecule has 0 unspecified atom stereocenters. The van der Waals surface area contributed by atoms with E-state index in [2.05, 4.69) is 29.2 Å². The number of amides is 1. The van der Waals surface area contributed by atoms with Crippen molar-refractivity contribution in [3.8, 4) is 0 Å². The van der Waals surface area contributed by atoms with Crippen LogP contribution < -0.4 is 5.56 Å². The van der Waals surface area contributed by atoms with Crippen LogP contribution in [0, 0.1) is 0 Å². The molecule has 0 radical (unpaired) electrons. The van der Waals surface area contributed by atoms with Crippen molar-refractivity contribution in [2.45, 2.75) is 13.0 Å². The molecule has 0 N–H and O–H groups in total. The van der Waals surface area contributed by atoms with E-state index in [4.69, 9.17) is 0 Å². The van der Waals surface area contributed by atoms with Crippen molar-refractivity contribution in [3.63, 3.8) is 0 Å². The van der Waals surface area contributed by atoms with Crippen LogP contribution in [0.2, 0.25) is 0 Å². The number of rotatable bonds is 3. The molecule has 1 fully saturated rings. The van der Waals surface area contributed by atoms with Gasteiger partial charge in [-0.05, 0) is 18.1 Å². The highest BCUT2D eigenvalue weighted by Crippen LogP contribution is 2.11. The zero-order valence-corrected chi connectivity index (χ0v) is 14.0. The van der Waals surface area contributed by atoms with Gasteiger partial charge in [-0.1, -0.05) is 30.3 Å². The van der Waals surface area contributed by atoms with Crippen LogP contribution in [0.25, 0.3) is 0 Å². The Morgan fingerprint density at radius 2 is 1.83 bits per heavy atom. The molecule has 3 rings (SSSR count). The third-order valence-corrected chi connectivity index (χ3v) is 4.48. The molecule has 1 aliphatic heterocycles. The summed E-state index contributed by atoms with van der Waals surface area (Å²) >= 11 is 0. The Balaban J connectivity index is 1.63. The van der Waals surface area contributed by atoms with Crippen LogP contribution in [-0.2, 0) is 13.6 Å². The summed E-state index contributed by atoms with van der Waals surface area (Å²) in [7, 11) is 1.68. The number of hydrogen-bond donors (Lipinski definition) is 0. The molecule has 0 bridgehead atoms. The average molecular weight is 325 g/mol. The van der Waals surface area contributed by atoms with E-state index in [0.717, 1.165) is 32.6 Å². The summed E-state index contributed by atoms with van der Waals surface area (Å²) in [6.45, 7) is 4.18. The van der Waals surface area contributed by atoms with Crippen LogP contribution in [0.5, 0.6) is 0 Å². The second-order valence-corrected chi connectivity index (χ2v) is 6.27. The number of nitrogens with zero attached hydrogens (tertiary/aromatic N) is 3. The highest BCUT2D eigenvalue weighted by molar-refractivity contribution is 5.94. The number of carbonyl (C=O) groups excluding carboxylic acids is 1. The van der Waals surface area contributed by atoms with Crippen LogP contribution in [0.15, 0.2) is 53.5 Å². The first-order valence-electron chi connectivity index (χ1n) is 8.36. The van der Waals surface area contributed by atoms with Crippen LogP contribution in [0.1, 0.15) is 22.3 Å². The van der Waals surface area contributed by atoms with Crippen molar-refractivity contribution in [2.24, 2.45) is 7.05 Å². The van der Waals surface area contributed by atoms with Crippen LogP contribution >= 0.6 is 0 Å². The summed E-state index contributed by atoms with van der Waals surface area (Å²) in [6, 6.07) is 13.5. The molecule has 126 valence electrons. The van der Waals surface area contributed by atoms with Gasteiger partial charge in [-0.25, -0.2) is 0 Å². The van der Waals surface area contributed by atoms with Gasteiger partial charge in [-0.3, -0.25) is 14.5 Å². The van der Waals surface area contributed by atoms with Crippen molar-refractivity contribution in [1.82, 2.24) is 14.4 Å². The molecule has 1 aromatic carbocycles. The quantitative estimate of drug-likeness (QED) is 0.863. The van der Waals surface area contributed by atoms with E-state index < -0.39 is 0 Å². The average Bonchev–Trinajstić information content (AvgIpc) is 2.83. The first-order valence-corrected chi connectivity index (χ1v) is 8.36. The lowest BCUT2D eigenvalue weighted by atomic mass is 10.2. The molecule has 1 aromatic heterocycles. The van der Waals surface area contributed by atoms with Crippen LogP contribution in [0.4, 0.5) is 0 Å². The standard InChI is InChI=1S/C19H23N3O2/c1-20-11-8-17(14-18(20)23)19(24)22-10-5-9-21(12-13-22)15-16-6-3-2-4-7-16/h2-4,6-8,11,14H,5,9-10,12-13,15H2,1H3. The third kappa shape index (κ3) is 3.92. The van der Waals surface area contributed by atoms with E-state index in [1.165, 1.54) is 16.2 Å². The molecule has 5 heteroatoms. The fourth-order valence-corrected chi connectivity index (χ4v) is 3.04. The smallest absolute Gasteiger partial charge is 0.254 e. The van der Waals surface area contributed by atoms with Crippen molar-refractivity contribution in [3.05, 3.63) is 70.1 Å². The zero-order valence-electron chi connectivity index (χ0n) is 14.0. The SMILES string of the molecule is Cn1ccc(C(=O)N2CCCN(Cc3ccccc3)CC2)cc1=O. The maximum Gasteiger partial charge on any atom is 0.254 e.